The van der Waals surface area contributed by atoms with Crippen LogP contribution in [0.1, 0.15) is 55.2 Å². The van der Waals surface area contributed by atoms with E-state index >= 15 is 0 Å². The Morgan fingerprint density at radius 2 is 1.64 bits per heavy atom. The lowest BCUT2D eigenvalue weighted by Gasteiger charge is -2.31. The van der Waals surface area contributed by atoms with Crippen LogP contribution in [0, 0.1) is 12.8 Å². The summed E-state index contributed by atoms with van der Waals surface area (Å²) < 4.78 is 16.3. The first kappa shape index (κ1) is 41.8. The van der Waals surface area contributed by atoms with E-state index in [2.05, 4.69) is 21.3 Å². The summed E-state index contributed by atoms with van der Waals surface area (Å²) in [4.78, 5) is 88.8. The Morgan fingerprint density at radius 1 is 0.909 bits per heavy atom. The number of likely N-dealkylation sites (tertiary alicyclic amines) is 1. The third kappa shape index (κ3) is 12.3. The molecule has 16 heteroatoms. The van der Waals surface area contributed by atoms with Crippen molar-refractivity contribution in [2.45, 2.75) is 64.3 Å². The van der Waals surface area contributed by atoms with E-state index in [1.807, 2.05) is 30.3 Å². The van der Waals surface area contributed by atoms with E-state index in [1.165, 1.54) is 14.2 Å². The first-order valence-corrected chi connectivity index (χ1v) is 18.2. The van der Waals surface area contributed by atoms with Crippen molar-refractivity contribution in [2.24, 2.45) is 5.92 Å². The van der Waals surface area contributed by atoms with Gasteiger partial charge in [0.05, 0.1) is 38.1 Å². The van der Waals surface area contributed by atoms with Gasteiger partial charge in [-0.15, -0.1) is 0 Å². The molecule has 1 atom stereocenters. The molecule has 5 N–H and O–H groups in total. The molecule has 2 heterocycles. The number of amides is 5. The van der Waals surface area contributed by atoms with Gasteiger partial charge in [0.1, 0.15) is 29.7 Å². The van der Waals surface area contributed by atoms with Crippen LogP contribution < -0.4 is 36.4 Å². The Labute approximate surface area is 318 Å². The van der Waals surface area contributed by atoms with Crippen molar-refractivity contribution in [1.82, 2.24) is 26.2 Å². The molecule has 0 bridgehead atoms. The molecule has 0 saturated carbocycles. The standard InChI is InChI=1S/C39H49N5O11/c1-24-28(39(52)55-31-20-27(53-2)19-30(54-3)36(24)31)21-34(47)44-16-13-26(14-17-44)37(50)40-15-9-5-8-12-32(45)43-29(18-25-10-6-4-7-11-25)38(51)42-22-33(46)41-23-35(48)49/h4,6-7,10-11,19-20,26,29H,5,8-9,12-18,21-23H2,1-3H3,(H,40,50)(H,41,46)(H,42,51)(H,43,45)(H,48,49)/t29-/m0/s1. The zero-order chi connectivity index (χ0) is 39.9. The molecule has 1 saturated heterocycles. The van der Waals surface area contributed by atoms with Gasteiger partial charge in [0.15, 0.2) is 0 Å². The van der Waals surface area contributed by atoms with Crippen LogP contribution in [0.4, 0.5) is 0 Å². The third-order valence-corrected chi connectivity index (χ3v) is 9.49. The minimum atomic E-state index is -1.21. The molecule has 1 fully saturated rings. The maximum atomic E-state index is 13.2. The predicted octanol–water partition coefficient (Wildman–Crippen LogP) is 1.62. The van der Waals surface area contributed by atoms with Crippen molar-refractivity contribution in [3.63, 3.8) is 0 Å². The number of carboxylic acid groups (broad SMARTS) is 1. The fourth-order valence-corrected chi connectivity index (χ4v) is 6.42. The molecular formula is C39H49N5O11. The van der Waals surface area contributed by atoms with Crippen LogP contribution in [0.3, 0.4) is 0 Å². The molecule has 1 aliphatic rings. The second-order valence-electron chi connectivity index (χ2n) is 13.3. The number of carboxylic acids is 1. The summed E-state index contributed by atoms with van der Waals surface area (Å²) in [6.45, 7) is 1.93. The Kier molecular flexibility index (Phi) is 15.6. The van der Waals surface area contributed by atoms with Gasteiger partial charge in [-0.3, -0.25) is 28.8 Å². The number of ether oxygens (including phenoxy) is 2. The summed E-state index contributed by atoms with van der Waals surface area (Å²) in [6.07, 6.45) is 3.01. The van der Waals surface area contributed by atoms with Gasteiger partial charge < -0.3 is 45.2 Å². The van der Waals surface area contributed by atoms with Crippen LogP contribution in [-0.4, -0.2) is 98.5 Å². The van der Waals surface area contributed by atoms with Crippen molar-refractivity contribution in [3.8, 4) is 11.5 Å². The van der Waals surface area contributed by atoms with Gasteiger partial charge in [-0.05, 0) is 43.7 Å². The maximum absolute atomic E-state index is 13.2. The topological polar surface area (TPSA) is 223 Å². The van der Waals surface area contributed by atoms with Crippen LogP contribution >= 0.6 is 0 Å². The molecule has 5 amide bonds. The molecule has 0 aliphatic carbocycles. The minimum absolute atomic E-state index is 0.0928. The van der Waals surface area contributed by atoms with Crippen LogP contribution in [0.5, 0.6) is 11.5 Å². The van der Waals surface area contributed by atoms with Gasteiger partial charge in [-0.25, -0.2) is 4.79 Å². The molecule has 4 rings (SSSR count). The third-order valence-electron chi connectivity index (χ3n) is 9.49. The SMILES string of the molecule is COc1cc(OC)c2c(C)c(CC(=O)N3CCC(C(=O)NCCCCCC(=O)N[C@@H](Cc4ccccc4)C(=O)NCC(=O)NCC(=O)O)CC3)c(=O)oc2c1. The highest BCUT2D eigenvalue weighted by molar-refractivity contribution is 5.92. The van der Waals surface area contributed by atoms with Crippen molar-refractivity contribution in [2.75, 3.05) is 46.9 Å². The monoisotopic (exact) mass is 763 g/mol. The number of piperidine rings is 1. The summed E-state index contributed by atoms with van der Waals surface area (Å²) in [7, 11) is 3.00. The number of nitrogens with one attached hydrogen (secondary N) is 4. The fourth-order valence-electron chi connectivity index (χ4n) is 6.42. The largest absolute Gasteiger partial charge is 0.496 e. The Hall–Kier alpha value is -5.93. The van der Waals surface area contributed by atoms with Crippen molar-refractivity contribution in [3.05, 3.63) is 69.6 Å². The fraction of sp³-hybridized carbons (Fsp3) is 0.462. The van der Waals surface area contributed by atoms with E-state index in [1.54, 1.807) is 24.0 Å². The lowest BCUT2D eigenvalue weighted by molar-refractivity contribution is -0.138. The summed E-state index contributed by atoms with van der Waals surface area (Å²) in [6, 6.07) is 11.4. The minimum Gasteiger partial charge on any atom is -0.496 e. The first-order valence-electron chi connectivity index (χ1n) is 18.2. The van der Waals surface area contributed by atoms with Gasteiger partial charge in [-0.2, -0.15) is 0 Å². The summed E-state index contributed by atoms with van der Waals surface area (Å²) >= 11 is 0. The molecule has 3 aromatic rings. The van der Waals surface area contributed by atoms with E-state index in [4.69, 9.17) is 19.0 Å². The first-order chi connectivity index (χ1) is 26.4. The zero-order valence-corrected chi connectivity index (χ0v) is 31.4. The highest BCUT2D eigenvalue weighted by Crippen LogP contribution is 2.34. The zero-order valence-electron chi connectivity index (χ0n) is 31.4. The lowest BCUT2D eigenvalue weighted by Crippen LogP contribution is -2.50. The van der Waals surface area contributed by atoms with Crippen molar-refractivity contribution >= 4 is 46.5 Å². The lowest BCUT2D eigenvalue weighted by atomic mass is 9.95. The van der Waals surface area contributed by atoms with E-state index in [9.17, 15) is 33.6 Å². The molecule has 296 valence electrons. The number of aryl methyl sites for hydroxylation is 1. The second kappa shape index (κ2) is 20.5. The number of benzene rings is 2. The molecule has 16 nitrogen and oxygen atoms in total. The number of rotatable bonds is 19. The van der Waals surface area contributed by atoms with Gasteiger partial charge in [0.2, 0.25) is 29.5 Å². The van der Waals surface area contributed by atoms with Crippen LogP contribution in [0.15, 0.2) is 51.7 Å². The van der Waals surface area contributed by atoms with E-state index < -0.39 is 42.5 Å². The van der Waals surface area contributed by atoms with Gasteiger partial charge >= 0.3 is 11.6 Å². The van der Waals surface area contributed by atoms with E-state index in [0.29, 0.717) is 79.8 Å². The van der Waals surface area contributed by atoms with Crippen molar-refractivity contribution in [1.29, 1.82) is 0 Å². The number of fused-ring (bicyclic) bond motifs is 1. The average molecular weight is 764 g/mol. The number of carbonyl (C=O) groups excluding carboxylic acids is 5. The summed E-state index contributed by atoms with van der Waals surface area (Å²) in [5, 5.41) is 19.6. The summed E-state index contributed by atoms with van der Waals surface area (Å²) in [5.74, 6) is -2.42. The molecule has 2 aromatic carbocycles. The van der Waals surface area contributed by atoms with E-state index in [0.717, 1.165) is 5.56 Å². The highest BCUT2D eigenvalue weighted by atomic mass is 16.5. The number of hydrogen-bond donors (Lipinski definition) is 5. The quantitative estimate of drug-likeness (QED) is 0.0872. The maximum Gasteiger partial charge on any atom is 0.340 e. The Bertz CT molecular complexity index is 1910. The van der Waals surface area contributed by atoms with Crippen LogP contribution in [-0.2, 0) is 41.6 Å². The molecule has 0 spiro atoms. The number of hydrogen-bond acceptors (Lipinski definition) is 10. The van der Waals surface area contributed by atoms with Crippen molar-refractivity contribution < 1.29 is 47.8 Å². The molecule has 55 heavy (non-hydrogen) atoms. The van der Waals surface area contributed by atoms with Crippen LogP contribution in [0.2, 0.25) is 0 Å². The molecule has 1 aromatic heterocycles. The number of aliphatic carboxylic acids is 1. The number of carbonyl (C=O) groups is 6. The molecule has 0 unspecified atom stereocenters. The normalized spacial score (nSPS) is 13.4. The second-order valence-corrected chi connectivity index (χ2v) is 13.3. The predicted molar refractivity (Wildman–Crippen MR) is 201 cm³/mol. The summed E-state index contributed by atoms with van der Waals surface area (Å²) in [5.41, 5.74) is 1.37. The number of unbranched alkanes of at least 4 members (excludes halogenated alkanes) is 2. The molecular weight excluding hydrogens is 714 g/mol. The van der Waals surface area contributed by atoms with E-state index in [-0.39, 0.29) is 48.5 Å². The average Bonchev–Trinajstić information content (AvgIpc) is 3.18. The van der Waals surface area contributed by atoms with Gasteiger partial charge in [0.25, 0.3) is 0 Å². The van der Waals surface area contributed by atoms with Gasteiger partial charge in [-0.1, -0.05) is 36.8 Å². The smallest absolute Gasteiger partial charge is 0.340 e. The van der Waals surface area contributed by atoms with Gasteiger partial charge in [0, 0.05) is 50.5 Å². The highest BCUT2D eigenvalue weighted by Gasteiger charge is 2.29. The molecule has 1 aliphatic heterocycles. The van der Waals surface area contributed by atoms with Crippen LogP contribution in [0.25, 0.3) is 11.0 Å². The number of methoxy groups -OCH3 is 2. The Balaban J connectivity index is 1.16. The molecule has 0 radical (unpaired) electrons. The number of nitrogens with zero attached hydrogens (tertiary/aromatic N) is 1. The Morgan fingerprint density at radius 3 is 2.31 bits per heavy atom.